The number of pyridine rings is 1. The molecule has 0 saturated heterocycles. The molecule has 0 radical (unpaired) electrons. The summed E-state index contributed by atoms with van der Waals surface area (Å²) in [6.45, 7) is 1.92. The minimum Gasteiger partial charge on any atom is -0.305 e. The standard InChI is InChI=1S/C17H14ClFN8S/c1-10(15-21-25-27(24-15)14-9-12(18)3-4-13(14)19)28-17-23-22-16(26(17)2)11-5-7-20-8-6-11/h3-10H,1-2H3. The van der Waals surface area contributed by atoms with Gasteiger partial charge in [0, 0.05) is 30.0 Å². The number of tetrazole rings is 1. The first-order valence-corrected chi connectivity index (χ1v) is 9.50. The van der Waals surface area contributed by atoms with Crippen molar-refractivity contribution in [2.45, 2.75) is 17.3 Å². The van der Waals surface area contributed by atoms with Crippen LogP contribution in [0.25, 0.3) is 17.1 Å². The lowest BCUT2D eigenvalue weighted by Gasteiger charge is -2.07. The lowest BCUT2D eigenvalue weighted by Crippen LogP contribution is -2.03. The van der Waals surface area contributed by atoms with Gasteiger partial charge in [-0.2, -0.15) is 0 Å². The maximum Gasteiger partial charge on any atom is 0.191 e. The zero-order valence-corrected chi connectivity index (χ0v) is 16.4. The molecule has 0 spiro atoms. The summed E-state index contributed by atoms with van der Waals surface area (Å²) in [4.78, 5) is 5.14. The fraction of sp³-hybridized carbons (Fsp3) is 0.176. The van der Waals surface area contributed by atoms with Crippen LogP contribution in [0.4, 0.5) is 4.39 Å². The summed E-state index contributed by atoms with van der Waals surface area (Å²) in [6, 6.07) is 7.91. The molecule has 0 N–H and O–H groups in total. The van der Waals surface area contributed by atoms with Crippen LogP contribution in [0.15, 0.2) is 47.9 Å². The molecule has 0 aliphatic rings. The van der Waals surface area contributed by atoms with Crippen molar-refractivity contribution in [3.05, 3.63) is 59.4 Å². The fourth-order valence-electron chi connectivity index (χ4n) is 2.51. The zero-order valence-electron chi connectivity index (χ0n) is 14.9. The Hall–Kier alpha value is -2.85. The second-order valence-corrected chi connectivity index (χ2v) is 7.64. The molecule has 0 aliphatic heterocycles. The van der Waals surface area contributed by atoms with Gasteiger partial charge in [0.2, 0.25) is 0 Å². The number of hydrogen-bond donors (Lipinski definition) is 0. The quantitative estimate of drug-likeness (QED) is 0.460. The Labute approximate surface area is 168 Å². The highest BCUT2D eigenvalue weighted by molar-refractivity contribution is 7.99. The molecule has 8 nitrogen and oxygen atoms in total. The maximum absolute atomic E-state index is 14.0. The topological polar surface area (TPSA) is 87.2 Å². The van der Waals surface area contributed by atoms with E-state index in [1.165, 1.54) is 30.0 Å². The molecule has 1 unspecified atom stereocenters. The second kappa shape index (κ2) is 7.64. The lowest BCUT2D eigenvalue weighted by atomic mass is 10.2. The third-order valence-corrected chi connectivity index (χ3v) is 5.34. The minimum absolute atomic E-state index is 0.141. The van der Waals surface area contributed by atoms with Gasteiger partial charge in [-0.15, -0.1) is 25.2 Å². The number of aromatic nitrogens is 8. The van der Waals surface area contributed by atoms with E-state index in [0.717, 1.165) is 16.2 Å². The van der Waals surface area contributed by atoms with Crippen molar-refractivity contribution in [1.29, 1.82) is 0 Å². The molecule has 0 aliphatic carbocycles. The van der Waals surface area contributed by atoms with Crippen LogP contribution in [-0.2, 0) is 7.05 Å². The first-order valence-electron chi connectivity index (χ1n) is 8.24. The Balaban J connectivity index is 1.55. The molecule has 4 aromatic rings. The molecule has 0 fully saturated rings. The Morgan fingerprint density at radius 2 is 1.89 bits per heavy atom. The number of thioether (sulfide) groups is 1. The molecule has 28 heavy (non-hydrogen) atoms. The second-order valence-electron chi connectivity index (χ2n) is 5.89. The third kappa shape index (κ3) is 3.60. The Morgan fingerprint density at radius 3 is 2.68 bits per heavy atom. The van der Waals surface area contributed by atoms with E-state index in [1.807, 2.05) is 30.7 Å². The molecule has 3 aromatic heterocycles. The lowest BCUT2D eigenvalue weighted by molar-refractivity contribution is 0.591. The zero-order chi connectivity index (χ0) is 19.7. The highest BCUT2D eigenvalue weighted by Gasteiger charge is 2.20. The van der Waals surface area contributed by atoms with Gasteiger partial charge in [-0.1, -0.05) is 23.4 Å². The van der Waals surface area contributed by atoms with Crippen molar-refractivity contribution in [2.75, 3.05) is 0 Å². The summed E-state index contributed by atoms with van der Waals surface area (Å²) in [5, 5.41) is 21.7. The van der Waals surface area contributed by atoms with Gasteiger partial charge in [-0.25, -0.2) is 4.39 Å². The smallest absolute Gasteiger partial charge is 0.191 e. The van der Waals surface area contributed by atoms with Crippen molar-refractivity contribution < 1.29 is 4.39 Å². The summed E-state index contributed by atoms with van der Waals surface area (Å²) in [5.74, 6) is 0.691. The van der Waals surface area contributed by atoms with Gasteiger partial charge in [0.25, 0.3) is 0 Å². The van der Waals surface area contributed by atoms with E-state index in [2.05, 4.69) is 30.6 Å². The molecule has 3 heterocycles. The van der Waals surface area contributed by atoms with Crippen LogP contribution in [0.2, 0.25) is 5.02 Å². The summed E-state index contributed by atoms with van der Waals surface area (Å²) in [5.41, 5.74) is 1.06. The molecule has 1 aromatic carbocycles. The molecular formula is C17H14ClFN8S. The molecule has 142 valence electrons. The Bertz CT molecular complexity index is 1110. The summed E-state index contributed by atoms with van der Waals surface area (Å²) < 4.78 is 15.9. The summed E-state index contributed by atoms with van der Waals surface area (Å²) in [7, 11) is 1.89. The maximum atomic E-state index is 14.0. The predicted molar refractivity (Wildman–Crippen MR) is 103 cm³/mol. The molecule has 0 saturated carbocycles. The van der Waals surface area contributed by atoms with Crippen LogP contribution < -0.4 is 0 Å². The van der Waals surface area contributed by atoms with Gasteiger partial charge in [0.05, 0.1) is 5.25 Å². The normalized spacial score (nSPS) is 12.3. The van der Waals surface area contributed by atoms with Crippen molar-refractivity contribution in [1.82, 2.24) is 40.0 Å². The van der Waals surface area contributed by atoms with E-state index < -0.39 is 5.82 Å². The summed E-state index contributed by atoms with van der Waals surface area (Å²) >= 11 is 7.36. The third-order valence-electron chi connectivity index (χ3n) is 3.97. The Kier molecular flexibility index (Phi) is 5.05. The van der Waals surface area contributed by atoms with E-state index in [4.69, 9.17) is 11.6 Å². The molecule has 0 amide bonds. The number of nitrogens with zero attached hydrogens (tertiary/aromatic N) is 8. The molecular weight excluding hydrogens is 403 g/mol. The fourth-order valence-corrected chi connectivity index (χ4v) is 3.52. The number of halogens is 2. The average Bonchev–Trinajstić information content (AvgIpc) is 3.32. The van der Waals surface area contributed by atoms with Crippen LogP contribution >= 0.6 is 23.4 Å². The molecule has 4 rings (SSSR count). The van der Waals surface area contributed by atoms with E-state index in [0.29, 0.717) is 16.0 Å². The van der Waals surface area contributed by atoms with E-state index >= 15 is 0 Å². The SMILES string of the molecule is CC(Sc1nnc(-c2ccncc2)n1C)c1nnn(-c2cc(Cl)ccc2F)n1. The monoisotopic (exact) mass is 416 g/mol. The largest absolute Gasteiger partial charge is 0.305 e. The number of hydrogen-bond acceptors (Lipinski definition) is 7. The van der Waals surface area contributed by atoms with Crippen LogP contribution in [0.1, 0.15) is 18.0 Å². The van der Waals surface area contributed by atoms with E-state index in [9.17, 15) is 4.39 Å². The molecule has 11 heteroatoms. The van der Waals surface area contributed by atoms with E-state index in [-0.39, 0.29) is 10.9 Å². The van der Waals surface area contributed by atoms with Gasteiger partial charge in [0.15, 0.2) is 22.6 Å². The molecule has 1 atom stereocenters. The van der Waals surface area contributed by atoms with Crippen molar-refractivity contribution in [3.63, 3.8) is 0 Å². The van der Waals surface area contributed by atoms with Crippen LogP contribution in [-0.4, -0.2) is 40.0 Å². The number of rotatable bonds is 5. The predicted octanol–water partition coefficient (Wildman–Crippen LogP) is 3.50. The van der Waals surface area contributed by atoms with Gasteiger partial charge >= 0.3 is 0 Å². The molecule has 0 bridgehead atoms. The van der Waals surface area contributed by atoms with Crippen LogP contribution in [0, 0.1) is 5.82 Å². The number of benzene rings is 1. The average molecular weight is 417 g/mol. The van der Waals surface area contributed by atoms with Gasteiger partial charge in [-0.3, -0.25) is 4.98 Å². The van der Waals surface area contributed by atoms with E-state index in [1.54, 1.807) is 12.4 Å². The van der Waals surface area contributed by atoms with Crippen LogP contribution in [0.3, 0.4) is 0 Å². The highest BCUT2D eigenvalue weighted by atomic mass is 35.5. The van der Waals surface area contributed by atoms with Gasteiger partial charge in [0.1, 0.15) is 5.69 Å². The van der Waals surface area contributed by atoms with Crippen molar-refractivity contribution >= 4 is 23.4 Å². The van der Waals surface area contributed by atoms with Gasteiger partial charge < -0.3 is 4.57 Å². The first kappa shape index (κ1) is 18.5. The highest BCUT2D eigenvalue weighted by Crippen LogP contribution is 2.33. The Morgan fingerprint density at radius 1 is 1.11 bits per heavy atom. The van der Waals surface area contributed by atoms with Gasteiger partial charge in [-0.05, 0) is 42.5 Å². The van der Waals surface area contributed by atoms with Crippen LogP contribution in [0.5, 0.6) is 0 Å². The first-order chi connectivity index (χ1) is 13.5. The minimum atomic E-state index is -0.482. The van der Waals surface area contributed by atoms with Crippen molar-refractivity contribution in [3.8, 4) is 17.1 Å². The van der Waals surface area contributed by atoms with Crippen molar-refractivity contribution in [2.24, 2.45) is 7.05 Å². The summed E-state index contributed by atoms with van der Waals surface area (Å²) in [6.07, 6.45) is 3.41.